The van der Waals surface area contributed by atoms with Crippen molar-refractivity contribution in [2.45, 2.75) is 39.7 Å². The van der Waals surface area contributed by atoms with Crippen molar-refractivity contribution < 1.29 is 18.0 Å². The van der Waals surface area contributed by atoms with Crippen LogP contribution in [0.3, 0.4) is 0 Å². The molecule has 2 aliphatic rings. The number of furan rings is 1. The SMILES string of the molecule is Cc1cc(C)c(C(=O)N2CCC3(CCCN(Cc4ccc(F)c(F)c4)C3)C2)o1. The van der Waals surface area contributed by atoms with Gasteiger partial charge in [0.25, 0.3) is 5.91 Å². The van der Waals surface area contributed by atoms with E-state index in [9.17, 15) is 13.6 Å². The van der Waals surface area contributed by atoms with Crippen LogP contribution in [-0.2, 0) is 6.54 Å². The number of aryl methyl sites for hydroxylation is 2. The largest absolute Gasteiger partial charge is 0.456 e. The van der Waals surface area contributed by atoms with E-state index in [0.29, 0.717) is 12.3 Å². The van der Waals surface area contributed by atoms with E-state index in [1.54, 1.807) is 6.07 Å². The molecule has 1 aromatic carbocycles. The van der Waals surface area contributed by atoms with Gasteiger partial charge in [-0.1, -0.05) is 6.07 Å². The lowest BCUT2D eigenvalue weighted by Gasteiger charge is -2.40. The van der Waals surface area contributed by atoms with Gasteiger partial charge in [-0.25, -0.2) is 8.78 Å². The van der Waals surface area contributed by atoms with Crippen LogP contribution in [0.15, 0.2) is 28.7 Å². The first-order valence-corrected chi connectivity index (χ1v) is 9.88. The zero-order chi connectivity index (χ0) is 19.9. The fourth-order valence-corrected chi connectivity index (χ4v) is 4.78. The molecule has 1 spiro atoms. The quantitative estimate of drug-likeness (QED) is 0.787. The van der Waals surface area contributed by atoms with Crippen molar-refractivity contribution >= 4 is 5.91 Å². The molecule has 0 saturated carbocycles. The minimum Gasteiger partial charge on any atom is -0.456 e. The lowest BCUT2D eigenvalue weighted by Crippen LogP contribution is -2.45. The normalized spacial score (nSPS) is 22.9. The Hall–Kier alpha value is -2.21. The molecule has 28 heavy (non-hydrogen) atoms. The highest BCUT2D eigenvalue weighted by Crippen LogP contribution is 2.40. The predicted molar refractivity (Wildman–Crippen MR) is 102 cm³/mol. The molecule has 0 radical (unpaired) electrons. The first kappa shape index (κ1) is 19.1. The third-order valence-corrected chi connectivity index (χ3v) is 6.09. The van der Waals surface area contributed by atoms with Gasteiger partial charge >= 0.3 is 0 Å². The predicted octanol–water partition coefficient (Wildman–Crippen LogP) is 4.30. The first-order chi connectivity index (χ1) is 13.3. The molecule has 2 aromatic rings. The molecule has 0 N–H and O–H groups in total. The van der Waals surface area contributed by atoms with Crippen LogP contribution in [0.2, 0.25) is 0 Å². The van der Waals surface area contributed by atoms with Crippen LogP contribution in [0.5, 0.6) is 0 Å². The molecular formula is C22H26F2N2O2. The Labute approximate surface area is 164 Å². The zero-order valence-corrected chi connectivity index (χ0v) is 16.4. The maximum absolute atomic E-state index is 13.5. The highest BCUT2D eigenvalue weighted by molar-refractivity contribution is 5.93. The monoisotopic (exact) mass is 388 g/mol. The molecule has 4 nitrogen and oxygen atoms in total. The number of benzene rings is 1. The summed E-state index contributed by atoms with van der Waals surface area (Å²) in [5, 5.41) is 0. The van der Waals surface area contributed by atoms with E-state index in [0.717, 1.165) is 62.3 Å². The van der Waals surface area contributed by atoms with E-state index in [-0.39, 0.29) is 11.3 Å². The molecule has 1 atom stereocenters. The molecule has 1 aromatic heterocycles. The minimum atomic E-state index is -0.813. The van der Waals surface area contributed by atoms with Gasteiger partial charge in [0.05, 0.1) is 0 Å². The van der Waals surface area contributed by atoms with E-state index in [4.69, 9.17) is 4.42 Å². The molecule has 6 heteroatoms. The molecule has 150 valence electrons. The van der Waals surface area contributed by atoms with Crippen molar-refractivity contribution in [3.8, 4) is 0 Å². The summed E-state index contributed by atoms with van der Waals surface area (Å²) in [7, 11) is 0. The Bertz CT molecular complexity index is 895. The Morgan fingerprint density at radius 2 is 1.93 bits per heavy atom. The van der Waals surface area contributed by atoms with Gasteiger partial charge in [0.1, 0.15) is 5.76 Å². The second-order valence-electron chi connectivity index (χ2n) is 8.41. The summed E-state index contributed by atoms with van der Waals surface area (Å²) in [6.07, 6.45) is 3.09. The van der Waals surface area contributed by atoms with Crippen LogP contribution in [0, 0.1) is 30.9 Å². The van der Waals surface area contributed by atoms with Crippen molar-refractivity contribution in [2.24, 2.45) is 5.41 Å². The topological polar surface area (TPSA) is 36.7 Å². The van der Waals surface area contributed by atoms with Gasteiger partial charge in [0.2, 0.25) is 0 Å². The lowest BCUT2D eigenvalue weighted by molar-refractivity contribution is 0.0649. The smallest absolute Gasteiger partial charge is 0.289 e. The number of piperidine rings is 1. The Morgan fingerprint density at radius 1 is 1.11 bits per heavy atom. The maximum Gasteiger partial charge on any atom is 0.289 e. The zero-order valence-electron chi connectivity index (χ0n) is 16.4. The van der Waals surface area contributed by atoms with Gasteiger partial charge < -0.3 is 9.32 Å². The summed E-state index contributed by atoms with van der Waals surface area (Å²) >= 11 is 0. The van der Waals surface area contributed by atoms with Crippen LogP contribution < -0.4 is 0 Å². The van der Waals surface area contributed by atoms with Gasteiger partial charge in [0, 0.05) is 37.2 Å². The lowest BCUT2D eigenvalue weighted by atomic mass is 9.79. The Balaban J connectivity index is 1.43. The van der Waals surface area contributed by atoms with E-state index in [1.165, 1.54) is 12.1 Å². The molecule has 2 fully saturated rings. The third kappa shape index (κ3) is 3.70. The number of rotatable bonds is 3. The Kier molecular flexibility index (Phi) is 5.00. The van der Waals surface area contributed by atoms with Gasteiger partial charge in [-0.15, -0.1) is 0 Å². The van der Waals surface area contributed by atoms with E-state index < -0.39 is 11.6 Å². The first-order valence-electron chi connectivity index (χ1n) is 9.88. The molecule has 2 saturated heterocycles. The van der Waals surface area contributed by atoms with Gasteiger partial charge in [0.15, 0.2) is 17.4 Å². The molecule has 4 rings (SSSR count). The summed E-state index contributed by atoms with van der Waals surface area (Å²) in [4.78, 5) is 17.1. The number of likely N-dealkylation sites (tertiary alicyclic amines) is 2. The summed E-state index contributed by atoms with van der Waals surface area (Å²) in [6.45, 7) is 7.61. The van der Waals surface area contributed by atoms with Crippen molar-refractivity contribution in [2.75, 3.05) is 26.2 Å². The van der Waals surface area contributed by atoms with Gasteiger partial charge in [-0.05, 0) is 63.4 Å². The molecule has 3 heterocycles. The summed E-state index contributed by atoms with van der Waals surface area (Å²) < 4.78 is 32.3. The molecule has 0 aliphatic carbocycles. The second kappa shape index (κ2) is 7.32. The van der Waals surface area contributed by atoms with Crippen molar-refractivity contribution in [3.05, 3.63) is 58.5 Å². The second-order valence-corrected chi connectivity index (χ2v) is 8.41. The van der Waals surface area contributed by atoms with Gasteiger partial charge in [-0.2, -0.15) is 0 Å². The third-order valence-electron chi connectivity index (χ3n) is 6.09. The molecular weight excluding hydrogens is 362 g/mol. The van der Waals surface area contributed by atoms with E-state index in [1.807, 2.05) is 24.8 Å². The summed E-state index contributed by atoms with van der Waals surface area (Å²) in [6, 6.07) is 6.01. The number of hydrogen-bond acceptors (Lipinski definition) is 3. The van der Waals surface area contributed by atoms with E-state index >= 15 is 0 Å². The molecule has 2 aliphatic heterocycles. The van der Waals surface area contributed by atoms with Crippen LogP contribution in [0.25, 0.3) is 0 Å². The number of amides is 1. The molecule has 0 bridgehead atoms. The van der Waals surface area contributed by atoms with Gasteiger partial charge in [-0.3, -0.25) is 9.69 Å². The van der Waals surface area contributed by atoms with Crippen LogP contribution in [-0.4, -0.2) is 41.9 Å². The van der Waals surface area contributed by atoms with Crippen molar-refractivity contribution in [1.29, 1.82) is 0 Å². The number of hydrogen-bond donors (Lipinski definition) is 0. The fraction of sp³-hybridized carbons (Fsp3) is 0.500. The van der Waals surface area contributed by atoms with Crippen LogP contribution in [0.4, 0.5) is 8.78 Å². The highest BCUT2D eigenvalue weighted by Gasteiger charge is 2.43. The Morgan fingerprint density at radius 3 is 2.64 bits per heavy atom. The number of carbonyl (C=O) groups is 1. The van der Waals surface area contributed by atoms with E-state index in [2.05, 4.69) is 4.90 Å². The van der Waals surface area contributed by atoms with Crippen molar-refractivity contribution in [3.63, 3.8) is 0 Å². The molecule has 1 amide bonds. The number of nitrogens with zero attached hydrogens (tertiary/aromatic N) is 2. The van der Waals surface area contributed by atoms with Crippen LogP contribution in [0.1, 0.15) is 46.7 Å². The average Bonchev–Trinajstić information content (AvgIpc) is 3.20. The fourth-order valence-electron chi connectivity index (χ4n) is 4.78. The maximum atomic E-state index is 13.5. The average molecular weight is 388 g/mol. The standard InChI is InChI=1S/C22H26F2N2O2/c1-15-10-16(2)28-20(15)21(27)26-9-7-22(14-26)6-3-8-25(13-22)12-17-4-5-18(23)19(24)11-17/h4-5,10-11H,3,6-9,12-14H2,1-2H3. The summed E-state index contributed by atoms with van der Waals surface area (Å²) in [5.41, 5.74) is 1.73. The van der Waals surface area contributed by atoms with Crippen LogP contribution >= 0.6 is 0 Å². The summed E-state index contributed by atoms with van der Waals surface area (Å²) in [5.74, 6) is -0.437. The molecule has 1 unspecified atom stereocenters. The minimum absolute atomic E-state index is 0.0276. The highest BCUT2D eigenvalue weighted by atomic mass is 19.2. The van der Waals surface area contributed by atoms with Crippen molar-refractivity contribution in [1.82, 2.24) is 9.80 Å². The number of carbonyl (C=O) groups excluding carboxylic acids is 1. The number of halogens is 2.